The highest BCUT2D eigenvalue weighted by Crippen LogP contribution is 2.22. The molecule has 1 rings (SSSR count). The normalized spacial score (nSPS) is 9.77. The molecule has 1 amide bonds. The fraction of sp³-hybridized carbons (Fsp3) is 0.143. The van der Waals surface area contributed by atoms with Crippen LogP contribution < -0.4 is 5.32 Å². The molecule has 1 heterocycles. The lowest BCUT2D eigenvalue weighted by Crippen LogP contribution is -2.13. The first-order valence-corrected chi connectivity index (χ1v) is 4.74. The predicted molar refractivity (Wildman–Crippen MR) is 56.7 cm³/mol. The van der Waals surface area contributed by atoms with Gasteiger partial charge in [0, 0.05) is 6.20 Å². The first-order chi connectivity index (χ1) is 6.13. The van der Waals surface area contributed by atoms with E-state index in [-0.39, 0.29) is 11.7 Å². The van der Waals surface area contributed by atoms with Crippen LogP contribution in [0.1, 0.15) is 0 Å². The maximum atomic E-state index is 10.9. The van der Waals surface area contributed by atoms with Crippen LogP contribution >= 0.6 is 35.8 Å². The van der Waals surface area contributed by atoms with Crippen LogP contribution in [0.3, 0.4) is 0 Å². The molecule has 6 heteroatoms. The number of hydrogen-bond donors (Lipinski definition) is 2. The van der Waals surface area contributed by atoms with Gasteiger partial charge in [-0.05, 0) is 6.07 Å². The maximum absolute atomic E-state index is 10.9. The third-order valence-corrected chi connectivity index (χ3v) is 1.99. The topological polar surface area (TPSA) is 42.0 Å². The molecule has 0 bridgehead atoms. The number of amides is 1. The van der Waals surface area contributed by atoms with E-state index in [4.69, 9.17) is 23.2 Å². The number of nitrogens with zero attached hydrogens (tertiary/aromatic N) is 1. The van der Waals surface area contributed by atoms with Crippen molar-refractivity contribution in [2.75, 3.05) is 11.1 Å². The van der Waals surface area contributed by atoms with Crippen LogP contribution in [-0.2, 0) is 4.79 Å². The van der Waals surface area contributed by atoms with Crippen molar-refractivity contribution in [1.29, 1.82) is 0 Å². The summed E-state index contributed by atoms with van der Waals surface area (Å²) < 4.78 is 0. The van der Waals surface area contributed by atoms with Crippen LogP contribution in [0, 0.1) is 0 Å². The first kappa shape index (κ1) is 10.6. The van der Waals surface area contributed by atoms with Gasteiger partial charge in [0.05, 0.1) is 15.8 Å². The van der Waals surface area contributed by atoms with Crippen molar-refractivity contribution < 1.29 is 4.79 Å². The summed E-state index contributed by atoms with van der Waals surface area (Å²) in [5.41, 5.74) is 0. The minimum atomic E-state index is -0.264. The fourth-order valence-corrected chi connectivity index (χ4v) is 1.18. The summed E-state index contributed by atoms with van der Waals surface area (Å²) in [6, 6.07) is 1.50. The molecule has 1 aromatic heterocycles. The van der Waals surface area contributed by atoms with Gasteiger partial charge in [-0.15, -0.1) is 0 Å². The Morgan fingerprint density at radius 2 is 2.31 bits per heavy atom. The maximum Gasteiger partial charge on any atom is 0.235 e. The van der Waals surface area contributed by atoms with E-state index in [0.717, 1.165) is 0 Å². The average molecular weight is 237 g/mol. The number of aromatic nitrogens is 1. The lowest BCUT2D eigenvalue weighted by Gasteiger charge is -2.03. The molecule has 3 nitrogen and oxygen atoms in total. The van der Waals surface area contributed by atoms with Crippen LogP contribution in [0.2, 0.25) is 10.0 Å². The molecular weight excluding hydrogens is 231 g/mol. The van der Waals surface area contributed by atoms with Gasteiger partial charge < -0.3 is 5.32 Å². The predicted octanol–water partition coefficient (Wildman–Crippen LogP) is 2.26. The monoisotopic (exact) mass is 236 g/mol. The van der Waals surface area contributed by atoms with Crippen molar-refractivity contribution in [2.24, 2.45) is 0 Å². The van der Waals surface area contributed by atoms with Gasteiger partial charge in [0.1, 0.15) is 0 Å². The minimum absolute atomic E-state index is 0.0840. The van der Waals surface area contributed by atoms with E-state index in [0.29, 0.717) is 15.9 Å². The minimum Gasteiger partial charge on any atom is -0.309 e. The van der Waals surface area contributed by atoms with Gasteiger partial charge in [-0.3, -0.25) is 4.79 Å². The van der Waals surface area contributed by atoms with Crippen molar-refractivity contribution >= 4 is 47.6 Å². The van der Waals surface area contributed by atoms with Crippen molar-refractivity contribution in [2.45, 2.75) is 0 Å². The Morgan fingerprint density at radius 3 is 2.85 bits per heavy atom. The zero-order valence-corrected chi connectivity index (χ0v) is 8.83. The Bertz CT molecular complexity index is 332. The molecule has 0 fully saturated rings. The fourth-order valence-electron chi connectivity index (χ4n) is 0.678. The highest BCUT2D eigenvalue weighted by molar-refractivity contribution is 7.81. The molecule has 0 atom stereocenters. The summed E-state index contributed by atoms with van der Waals surface area (Å²) in [6.07, 6.45) is 1.40. The van der Waals surface area contributed by atoms with Crippen LogP contribution in [-0.4, -0.2) is 16.6 Å². The van der Waals surface area contributed by atoms with Gasteiger partial charge in [-0.2, -0.15) is 12.6 Å². The number of thiol groups is 1. The second-order valence-electron chi connectivity index (χ2n) is 2.19. The third-order valence-electron chi connectivity index (χ3n) is 1.21. The molecule has 1 aromatic rings. The molecular formula is C7H6Cl2N2OS. The van der Waals surface area contributed by atoms with Crippen LogP contribution in [0.5, 0.6) is 0 Å². The number of rotatable bonds is 2. The Kier molecular flexibility index (Phi) is 3.84. The smallest absolute Gasteiger partial charge is 0.235 e. The first-order valence-electron chi connectivity index (χ1n) is 3.35. The zero-order chi connectivity index (χ0) is 9.84. The number of carbonyl (C=O) groups is 1. The molecule has 0 spiro atoms. The lowest BCUT2D eigenvalue weighted by molar-refractivity contribution is -0.113. The number of pyridine rings is 1. The molecule has 0 aliphatic rings. The van der Waals surface area contributed by atoms with Crippen molar-refractivity contribution in [3.8, 4) is 0 Å². The van der Waals surface area contributed by atoms with Gasteiger partial charge in [0.25, 0.3) is 0 Å². The van der Waals surface area contributed by atoms with E-state index in [1.54, 1.807) is 0 Å². The van der Waals surface area contributed by atoms with Crippen molar-refractivity contribution in [1.82, 2.24) is 4.98 Å². The zero-order valence-electron chi connectivity index (χ0n) is 6.42. The largest absolute Gasteiger partial charge is 0.309 e. The SMILES string of the molecule is O=C(CS)Nc1ncc(Cl)cc1Cl. The molecule has 13 heavy (non-hydrogen) atoms. The summed E-state index contributed by atoms with van der Waals surface area (Å²) >= 11 is 15.1. The Labute approximate surface area is 90.9 Å². The van der Waals surface area contributed by atoms with Gasteiger partial charge in [0.15, 0.2) is 5.82 Å². The van der Waals surface area contributed by atoms with E-state index in [2.05, 4.69) is 22.9 Å². The third kappa shape index (κ3) is 3.06. The van der Waals surface area contributed by atoms with Gasteiger partial charge in [0.2, 0.25) is 5.91 Å². The quantitative estimate of drug-likeness (QED) is 0.774. The second kappa shape index (κ2) is 4.69. The number of halogens is 2. The molecule has 0 aromatic carbocycles. The number of nitrogens with one attached hydrogen (secondary N) is 1. The Morgan fingerprint density at radius 1 is 1.62 bits per heavy atom. The molecule has 0 unspecified atom stereocenters. The van der Waals surface area contributed by atoms with Crippen molar-refractivity contribution in [3.63, 3.8) is 0 Å². The van der Waals surface area contributed by atoms with E-state index < -0.39 is 0 Å². The standard InChI is InChI=1S/C7H6Cl2N2OS/c8-4-1-5(9)7(10-2-4)11-6(12)3-13/h1-2,13H,3H2,(H,10,11,12). The number of carbonyl (C=O) groups excluding carboxylic acids is 1. The van der Waals surface area contributed by atoms with E-state index in [9.17, 15) is 4.79 Å². The van der Waals surface area contributed by atoms with E-state index in [1.165, 1.54) is 12.3 Å². The Hall–Kier alpha value is -0.450. The van der Waals surface area contributed by atoms with E-state index >= 15 is 0 Å². The highest BCUT2D eigenvalue weighted by atomic mass is 35.5. The van der Waals surface area contributed by atoms with Crippen molar-refractivity contribution in [3.05, 3.63) is 22.3 Å². The molecule has 0 aliphatic heterocycles. The van der Waals surface area contributed by atoms with Gasteiger partial charge in [-0.25, -0.2) is 4.98 Å². The summed E-state index contributed by atoms with van der Waals surface area (Å²) in [7, 11) is 0. The van der Waals surface area contributed by atoms with Crippen LogP contribution in [0.4, 0.5) is 5.82 Å². The molecule has 0 saturated carbocycles. The summed E-state index contributed by atoms with van der Waals surface area (Å²) in [5, 5.41) is 3.20. The molecule has 1 N–H and O–H groups in total. The molecule has 0 saturated heterocycles. The number of hydrogen-bond acceptors (Lipinski definition) is 3. The highest BCUT2D eigenvalue weighted by Gasteiger charge is 2.05. The Balaban J connectivity index is 2.83. The molecule has 70 valence electrons. The lowest BCUT2D eigenvalue weighted by atomic mass is 10.4. The summed E-state index contributed by atoms with van der Waals surface area (Å²) in [4.78, 5) is 14.7. The second-order valence-corrected chi connectivity index (χ2v) is 3.35. The molecule has 0 radical (unpaired) electrons. The van der Waals surface area contributed by atoms with E-state index in [1.807, 2.05) is 0 Å². The molecule has 0 aliphatic carbocycles. The van der Waals surface area contributed by atoms with Crippen LogP contribution in [0.25, 0.3) is 0 Å². The number of anilines is 1. The summed E-state index contributed by atoms with van der Waals surface area (Å²) in [6.45, 7) is 0. The van der Waals surface area contributed by atoms with Crippen LogP contribution in [0.15, 0.2) is 12.3 Å². The summed E-state index contributed by atoms with van der Waals surface area (Å²) in [5.74, 6) is 0.117. The van der Waals surface area contributed by atoms with Gasteiger partial charge >= 0.3 is 0 Å². The average Bonchev–Trinajstić information content (AvgIpc) is 2.09. The van der Waals surface area contributed by atoms with Gasteiger partial charge in [-0.1, -0.05) is 23.2 Å².